The molecule has 1 heterocycles. The van der Waals surface area contributed by atoms with Crippen molar-refractivity contribution in [3.63, 3.8) is 0 Å². The summed E-state index contributed by atoms with van der Waals surface area (Å²) in [5.41, 5.74) is 0. The molecule has 0 aliphatic carbocycles. The van der Waals surface area contributed by atoms with Gasteiger partial charge in [0.05, 0.1) is 0 Å². The zero-order chi connectivity index (χ0) is 12.1. The summed E-state index contributed by atoms with van der Waals surface area (Å²) in [6.45, 7) is 7.92. The molecule has 4 heteroatoms. The molecule has 0 aromatic heterocycles. The molecule has 16 heavy (non-hydrogen) atoms. The lowest BCUT2D eigenvalue weighted by atomic mass is 9.89. The lowest BCUT2D eigenvalue weighted by molar-refractivity contribution is -0.120. The van der Waals surface area contributed by atoms with Crippen molar-refractivity contribution in [1.29, 1.82) is 0 Å². The average molecular weight is 230 g/mol. The average Bonchev–Trinajstić information content (AvgIpc) is 2.62. The highest BCUT2D eigenvalue weighted by Gasteiger charge is 2.31. The Morgan fingerprint density at radius 3 is 2.75 bits per heavy atom. The first-order valence-corrected chi connectivity index (χ1v) is 6.10. The van der Waals surface area contributed by atoms with E-state index in [1.54, 1.807) is 6.92 Å². The Morgan fingerprint density at radius 1 is 1.56 bits per heavy atom. The maximum absolute atomic E-state index is 12.2. The molecule has 1 N–H and O–H groups in total. The predicted molar refractivity (Wildman–Crippen MR) is 63.0 cm³/mol. The van der Waals surface area contributed by atoms with Gasteiger partial charge in [-0.05, 0) is 24.8 Å². The quantitative estimate of drug-likeness (QED) is 0.775. The maximum Gasteiger partial charge on any atom is 0.217 e. The van der Waals surface area contributed by atoms with Gasteiger partial charge in [0, 0.05) is 26.1 Å². The van der Waals surface area contributed by atoms with Crippen LogP contribution in [-0.4, -0.2) is 43.2 Å². The summed E-state index contributed by atoms with van der Waals surface area (Å²) < 4.78 is 12.2. The second-order valence-electron chi connectivity index (χ2n) is 5.01. The number of rotatable bonds is 5. The standard InChI is InChI=1S/C12H23FN2O/c1-9(2)12(14-10(3)16)11-4-6-15(8-11)7-5-13/h9,11-12H,4-8H2,1-3H3,(H,14,16)/t11-,12?/m0/s1. The fraction of sp³-hybridized carbons (Fsp3) is 0.917. The Bertz CT molecular complexity index is 233. The van der Waals surface area contributed by atoms with Crippen molar-refractivity contribution in [2.75, 3.05) is 26.3 Å². The normalized spacial score (nSPS) is 23.7. The summed E-state index contributed by atoms with van der Waals surface area (Å²) in [6, 6.07) is 0.224. The van der Waals surface area contributed by atoms with Crippen LogP contribution in [0.4, 0.5) is 4.39 Å². The SMILES string of the molecule is CC(=O)NC(C(C)C)[C@H]1CCN(CCF)C1. The zero-order valence-corrected chi connectivity index (χ0v) is 10.5. The van der Waals surface area contributed by atoms with Crippen LogP contribution in [0.15, 0.2) is 0 Å². The number of alkyl halides is 1. The molecule has 1 saturated heterocycles. The molecule has 94 valence electrons. The van der Waals surface area contributed by atoms with E-state index in [-0.39, 0.29) is 18.6 Å². The topological polar surface area (TPSA) is 32.3 Å². The van der Waals surface area contributed by atoms with Crippen molar-refractivity contribution >= 4 is 5.91 Å². The summed E-state index contributed by atoms with van der Waals surface area (Å²) in [4.78, 5) is 13.3. The lowest BCUT2D eigenvalue weighted by Gasteiger charge is -2.28. The van der Waals surface area contributed by atoms with Gasteiger partial charge in [0.15, 0.2) is 0 Å². The van der Waals surface area contributed by atoms with Gasteiger partial charge < -0.3 is 10.2 Å². The fourth-order valence-corrected chi connectivity index (χ4v) is 2.54. The molecular weight excluding hydrogens is 207 g/mol. The molecule has 1 aliphatic rings. The van der Waals surface area contributed by atoms with E-state index in [4.69, 9.17) is 0 Å². The van der Waals surface area contributed by atoms with Gasteiger partial charge in [-0.1, -0.05) is 13.8 Å². The van der Waals surface area contributed by atoms with Gasteiger partial charge in [0.1, 0.15) is 6.67 Å². The molecule has 0 spiro atoms. The highest BCUT2D eigenvalue weighted by atomic mass is 19.1. The van der Waals surface area contributed by atoms with Crippen LogP contribution in [-0.2, 0) is 4.79 Å². The number of hydrogen-bond acceptors (Lipinski definition) is 2. The van der Waals surface area contributed by atoms with Gasteiger partial charge in [0.2, 0.25) is 5.91 Å². The Kier molecular flexibility index (Phi) is 5.19. The number of likely N-dealkylation sites (tertiary alicyclic amines) is 1. The minimum atomic E-state index is -0.279. The van der Waals surface area contributed by atoms with E-state index in [0.29, 0.717) is 18.4 Å². The van der Waals surface area contributed by atoms with Gasteiger partial charge in [-0.2, -0.15) is 0 Å². The molecule has 0 saturated carbocycles. The third kappa shape index (κ3) is 3.74. The summed E-state index contributed by atoms with van der Waals surface area (Å²) in [5.74, 6) is 0.928. The molecule has 3 nitrogen and oxygen atoms in total. The lowest BCUT2D eigenvalue weighted by Crippen LogP contribution is -2.44. The smallest absolute Gasteiger partial charge is 0.217 e. The van der Waals surface area contributed by atoms with E-state index in [1.807, 2.05) is 0 Å². The van der Waals surface area contributed by atoms with Crippen molar-refractivity contribution in [2.24, 2.45) is 11.8 Å². The summed E-state index contributed by atoms with van der Waals surface area (Å²) in [7, 11) is 0. The summed E-state index contributed by atoms with van der Waals surface area (Å²) >= 11 is 0. The van der Waals surface area contributed by atoms with E-state index in [2.05, 4.69) is 24.1 Å². The van der Waals surface area contributed by atoms with Crippen molar-refractivity contribution < 1.29 is 9.18 Å². The molecule has 1 aliphatic heterocycles. The van der Waals surface area contributed by atoms with E-state index in [0.717, 1.165) is 19.5 Å². The minimum Gasteiger partial charge on any atom is -0.353 e. The summed E-state index contributed by atoms with van der Waals surface area (Å²) in [5, 5.41) is 3.02. The molecule has 0 radical (unpaired) electrons. The highest BCUT2D eigenvalue weighted by molar-refractivity contribution is 5.73. The van der Waals surface area contributed by atoms with Crippen molar-refractivity contribution in [2.45, 2.75) is 33.2 Å². The zero-order valence-electron chi connectivity index (χ0n) is 10.5. The molecule has 1 fully saturated rings. The van der Waals surface area contributed by atoms with Gasteiger partial charge in [-0.3, -0.25) is 4.79 Å². The van der Waals surface area contributed by atoms with Crippen LogP contribution in [0.2, 0.25) is 0 Å². The van der Waals surface area contributed by atoms with Crippen LogP contribution in [0, 0.1) is 11.8 Å². The molecule has 1 unspecified atom stereocenters. The number of amides is 1. The number of carbonyl (C=O) groups excluding carboxylic acids is 1. The molecule has 2 atom stereocenters. The first-order chi connectivity index (χ1) is 7.54. The van der Waals surface area contributed by atoms with E-state index in [1.165, 1.54) is 0 Å². The highest BCUT2D eigenvalue weighted by Crippen LogP contribution is 2.23. The van der Waals surface area contributed by atoms with Crippen LogP contribution in [0.3, 0.4) is 0 Å². The number of nitrogens with zero attached hydrogens (tertiary/aromatic N) is 1. The second-order valence-corrected chi connectivity index (χ2v) is 5.01. The third-order valence-corrected chi connectivity index (χ3v) is 3.31. The molecular formula is C12H23FN2O. The number of halogens is 1. The van der Waals surface area contributed by atoms with Gasteiger partial charge in [-0.15, -0.1) is 0 Å². The minimum absolute atomic E-state index is 0.0302. The first-order valence-electron chi connectivity index (χ1n) is 6.10. The number of carbonyl (C=O) groups is 1. The second kappa shape index (κ2) is 6.18. The van der Waals surface area contributed by atoms with Crippen LogP contribution in [0.25, 0.3) is 0 Å². The van der Waals surface area contributed by atoms with E-state index >= 15 is 0 Å². The van der Waals surface area contributed by atoms with E-state index in [9.17, 15) is 9.18 Å². The maximum atomic E-state index is 12.2. The number of nitrogens with one attached hydrogen (secondary N) is 1. The predicted octanol–water partition coefficient (Wildman–Crippen LogP) is 1.44. The molecule has 1 amide bonds. The van der Waals surface area contributed by atoms with Crippen LogP contribution < -0.4 is 5.32 Å². The van der Waals surface area contributed by atoms with Crippen molar-refractivity contribution in [3.05, 3.63) is 0 Å². The Hall–Kier alpha value is -0.640. The Labute approximate surface area is 97.4 Å². The van der Waals surface area contributed by atoms with Crippen LogP contribution >= 0.6 is 0 Å². The Balaban J connectivity index is 2.50. The van der Waals surface area contributed by atoms with Crippen molar-refractivity contribution in [3.8, 4) is 0 Å². The Morgan fingerprint density at radius 2 is 2.25 bits per heavy atom. The van der Waals surface area contributed by atoms with Crippen LogP contribution in [0.1, 0.15) is 27.2 Å². The molecule has 1 rings (SSSR count). The molecule has 0 aromatic carbocycles. The van der Waals surface area contributed by atoms with Crippen LogP contribution in [0.5, 0.6) is 0 Å². The van der Waals surface area contributed by atoms with Gasteiger partial charge >= 0.3 is 0 Å². The third-order valence-electron chi connectivity index (χ3n) is 3.31. The molecule has 0 aromatic rings. The monoisotopic (exact) mass is 230 g/mol. The number of hydrogen-bond donors (Lipinski definition) is 1. The van der Waals surface area contributed by atoms with Crippen molar-refractivity contribution in [1.82, 2.24) is 10.2 Å². The first kappa shape index (κ1) is 13.4. The van der Waals surface area contributed by atoms with Gasteiger partial charge in [0.25, 0.3) is 0 Å². The van der Waals surface area contributed by atoms with E-state index < -0.39 is 0 Å². The van der Waals surface area contributed by atoms with Gasteiger partial charge in [-0.25, -0.2) is 4.39 Å². The largest absolute Gasteiger partial charge is 0.353 e. The fourth-order valence-electron chi connectivity index (χ4n) is 2.54. The summed E-state index contributed by atoms with van der Waals surface area (Å²) in [6.07, 6.45) is 1.06. The molecule has 0 bridgehead atoms.